The molecule has 106 valence electrons. The zero-order valence-corrected chi connectivity index (χ0v) is 11.5. The first kappa shape index (κ1) is 13.8. The Morgan fingerprint density at radius 3 is 2.47 bits per heavy atom. The molecule has 4 amide bonds. The molecule has 6 heteroatoms. The molecule has 0 aromatic rings. The van der Waals surface area contributed by atoms with Gasteiger partial charge in [0, 0.05) is 6.04 Å². The topological polar surface area (TPSA) is 78.5 Å². The number of hydrogen-bond donors (Lipinski definition) is 2. The summed E-state index contributed by atoms with van der Waals surface area (Å²) in [6, 6.07) is -0.302. The molecule has 2 rings (SSSR count). The van der Waals surface area contributed by atoms with E-state index in [4.69, 9.17) is 0 Å². The maximum absolute atomic E-state index is 11.9. The van der Waals surface area contributed by atoms with Gasteiger partial charge in [-0.15, -0.1) is 0 Å². The van der Waals surface area contributed by atoms with Crippen LogP contribution in [0.4, 0.5) is 4.79 Å². The van der Waals surface area contributed by atoms with Gasteiger partial charge in [0.05, 0.1) is 0 Å². The van der Waals surface area contributed by atoms with E-state index < -0.39 is 11.6 Å². The Hall–Kier alpha value is -1.59. The van der Waals surface area contributed by atoms with Crippen LogP contribution in [0.1, 0.15) is 46.0 Å². The first-order valence-electron chi connectivity index (χ1n) is 6.83. The Balaban J connectivity index is 1.88. The molecular formula is C13H21N3O3. The predicted octanol–water partition coefficient (Wildman–Crippen LogP) is 0.766. The normalized spacial score (nSPS) is 23.4. The fourth-order valence-electron chi connectivity index (χ4n) is 2.63. The second kappa shape index (κ2) is 5.19. The minimum atomic E-state index is -0.914. The lowest BCUT2D eigenvalue weighted by molar-refractivity contribution is -0.134. The Morgan fingerprint density at radius 2 is 1.95 bits per heavy atom. The summed E-state index contributed by atoms with van der Waals surface area (Å²) in [5, 5.41) is 5.46. The fraction of sp³-hybridized carbons (Fsp3) is 0.769. The highest BCUT2D eigenvalue weighted by Gasteiger charge is 2.44. The minimum absolute atomic E-state index is 0.190. The molecule has 2 fully saturated rings. The molecule has 6 nitrogen and oxygen atoms in total. The summed E-state index contributed by atoms with van der Waals surface area (Å²) in [5.41, 5.74) is -0.914. The van der Waals surface area contributed by atoms with Crippen molar-refractivity contribution in [1.29, 1.82) is 0 Å². The summed E-state index contributed by atoms with van der Waals surface area (Å²) >= 11 is 0. The molecule has 0 aromatic carbocycles. The highest BCUT2D eigenvalue weighted by molar-refractivity contribution is 6.08. The molecule has 1 saturated heterocycles. The number of nitrogens with zero attached hydrogens (tertiary/aromatic N) is 1. The van der Waals surface area contributed by atoms with E-state index in [0.29, 0.717) is 0 Å². The Bertz CT molecular complexity index is 400. The summed E-state index contributed by atoms with van der Waals surface area (Å²) in [6.45, 7) is 3.07. The second-order valence-electron chi connectivity index (χ2n) is 5.85. The van der Waals surface area contributed by atoms with Gasteiger partial charge in [0.2, 0.25) is 5.91 Å². The van der Waals surface area contributed by atoms with Gasteiger partial charge in [0.15, 0.2) is 0 Å². The average molecular weight is 267 g/mol. The molecule has 0 bridgehead atoms. The zero-order valence-electron chi connectivity index (χ0n) is 11.5. The number of nitrogens with one attached hydrogen (secondary N) is 2. The van der Waals surface area contributed by atoms with Gasteiger partial charge in [0.25, 0.3) is 5.91 Å². The standard InChI is InChI=1S/C13H21N3O3/c1-13(2)11(18)16(12(19)15-13)8-10(17)14-9-6-4-3-5-7-9/h9H,3-8H2,1-2H3,(H,14,17)(H,15,19). The molecule has 1 aliphatic carbocycles. The molecule has 0 spiro atoms. The number of imide groups is 1. The van der Waals surface area contributed by atoms with Crippen LogP contribution in [0.2, 0.25) is 0 Å². The molecular weight excluding hydrogens is 246 g/mol. The van der Waals surface area contributed by atoms with E-state index in [1.54, 1.807) is 13.8 Å². The van der Waals surface area contributed by atoms with Crippen molar-refractivity contribution in [2.24, 2.45) is 0 Å². The van der Waals surface area contributed by atoms with Gasteiger partial charge >= 0.3 is 6.03 Å². The number of carbonyl (C=O) groups excluding carboxylic acids is 3. The lowest BCUT2D eigenvalue weighted by Gasteiger charge is -2.23. The number of rotatable bonds is 3. The van der Waals surface area contributed by atoms with E-state index in [-0.39, 0.29) is 24.4 Å². The van der Waals surface area contributed by atoms with Crippen LogP contribution in [0.25, 0.3) is 0 Å². The molecule has 2 aliphatic rings. The van der Waals surface area contributed by atoms with Gasteiger partial charge in [-0.1, -0.05) is 19.3 Å². The van der Waals surface area contributed by atoms with Gasteiger partial charge in [0.1, 0.15) is 12.1 Å². The first-order chi connectivity index (χ1) is 8.90. The van der Waals surface area contributed by atoms with E-state index in [0.717, 1.165) is 30.6 Å². The number of urea groups is 1. The molecule has 0 atom stereocenters. The van der Waals surface area contributed by atoms with Crippen LogP contribution in [0.3, 0.4) is 0 Å². The van der Waals surface area contributed by atoms with Crippen molar-refractivity contribution >= 4 is 17.8 Å². The molecule has 1 saturated carbocycles. The average Bonchev–Trinajstić information content (AvgIpc) is 2.53. The first-order valence-corrected chi connectivity index (χ1v) is 6.83. The molecule has 0 aromatic heterocycles. The van der Waals surface area contributed by atoms with Crippen LogP contribution in [0.15, 0.2) is 0 Å². The third-order valence-corrected chi connectivity index (χ3v) is 3.72. The summed E-state index contributed by atoms with van der Waals surface area (Å²) in [6.07, 6.45) is 5.44. The summed E-state index contributed by atoms with van der Waals surface area (Å²) in [5.74, 6) is -0.607. The molecule has 1 aliphatic heterocycles. The minimum Gasteiger partial charge on any atom is -0.352 e. The molecule has 0 radical (unpaired) electrons. The summed E-state index contributed by atoms with van der Waals surface area (Å²) < 4.78 is 0. The maximum Gasteiger partial charge on any atom is 0.325 e. The van der Waals surface area contributed by atoms with Crippen molar-refractivity contribution in [3.63, 3.8) is 0 Å². The number of carbonyl (C=O) groups is 3. The Labute approximate surface area is 112 Å². The van der Waals surface area contributed by atoms with Crippen LogP contribution in [-0.4, -0.2) is 40.9 Å². The van der Waals surface area contributed by atoms with Crippen molar-refractivity contribution < 1.29 is 14.4 Å². The fourth-order valence-corrected chi connectivity index (χ4v) is 2.63. The lowest BCUT2D eigenvalue weighted by atomic mass is 9.95. The van der Waals surface area contributed by atoms with Crippen molar-refractivity contribution in [2.75, 3.05) is 6.54 Å². The highest BCUT2D eigenvalue weighted by Crippen LogP contribution is 2.18. The monoisotopic (exact) mass is 267 g/mol. The maximum atomic E-state index is 11.9. The van der Waals surface area contributed by atoms with Gasteiger partial charge in [-0.25, -0.2) is 4.79 Å². The number of amides is 4. The molecule has 2 N–H and O–H groups in total. The van der Waals surface area contributed by atoms with E-state index in [2.05, 4.69) is 10.6 Å². The smallest absolute Gasteiger partial charge is 0.325 e. The lowest BCUT2D eigenvalue weighted by Crippen LogP contribution is -2.45. The van der Waals surface area contributed by atoms with Crippen LogP contribution in [0, 0.1) is 0 Å². The molecule has 19 heavy (non-hydrogen) atoms. The second-order valence-corrected chi connectivity index (χ2v) is 5.85. The molecule has 1 heterocycles. The van der Waals surface area contributed by atoms with Crippen LogP contribution in [0.5, 0.6) is 0 Å². The van der Waals surface area contributed by atoms with Crippen molar-refractivity contribution in [1.82, 2.24) is 15.5 Å². The quantitative estimate of drug-likeness (QED) is 0.741. The summed E-state index contributed by atoms with van der Waals surface area (Å²) in [4.78, 5) is 36.4. The number of hydrogen-bond acceptors (Lipinski definition) is 3. The van der Waals surface area contributed by atoms with Gasteiger partial charge < -0.3 is 10.6 Å². The van der Waals surface area contributed by atoms with Crippen LogP contribution < -0.4 is 10.6 Å². The Kier molecular flexibility index (Phi) is 3.78. The third kappa shape index (κ3) is 3.05. The van der Waals surface area contributed by atoms with E-state index in [9.17, 15) is 14.4 Å². The van der Waals surface area contributed by atoms with Gasteiger partial charge in [-0.2, -0.15) is 0 Å². The SMILES string of the molecule is CC1(C)NC(=O)N(CC(=O)NC2CCCCC2)C1=O. The Morgan fingerprint density at radius 1 is 1.32 bits per heavy atom. The zero-order chi connectivity index (χ0) is 14.0. The highest BCUT2D eigenvalue weighted by atomic mass is 16.2. The predicted molar refractivity (Wildman–Crippen MR) is 69.3 cm³/mol. The van der Waals surface area contributed by atoms with E-state index in [1.165, 1.54) is 6.42 Å². The largest absolute Gasteiger partial charge is 0.352 e. The van der Waals surface area contributed by atoms with Crippen molar-refractivity contribution in [2.45, 2.75) is 57.5 Å². The summed E-state index contributed by atoms with van der Waals surface area (Å²) in [7, 11) is 0. The van der Waals surface area contributed by atoms with E-state index in [1.807, 2.05) is 0 Å². The van der Waals surface area contributed by atoms with Gasteiger partial charge in [-0.05, 0) is 26.7 Å². The van der Waals surface area contributed by atoms with Crippen LogP contribution >= 0.6 is 0 Å². The third-order valence-electron chi connectivity index (χ3n) is 3.72. The van der Waals surface area contributed by atoms with Gasteiger partial charge in [-0.3, -0.25) is 14.5 Å². The van der Waals surface area contributed by atoms with E-state index >= 15 is 0 Å². The molecule has 0 unspecified atom stereocenters. The van der Waals surface area contributed by atoms with Crippen molar-refractivity contribution in [3.8, 4) is 0 Å². The van der Waals surface area contributed by atoms with Crippen LogP contribution in [-0.2, 0) is 9.59 Å². The van der Waals surface area contributed by atoms with Crippen molar-refractivity contribution in [3.05, 3.63) is 0 Å².